The number of aromatic nitrogens is 1. The van der Waals surface area contributed by atoms with E-state index in [9.17, 15) is 4.39 Å². The van der Waals surface area contributed by atoms with Crippen molar-refractivity contribution in [2.75, 3.05) is 5.75 Å². The van der Waals surface area contributed by atoms with Crippen molar-refractivity contribution in [2.45, 2.75) is 31.2 Å². The Morgan fingerprint density at radius 3 is 2.74 bits per heavy atom. The third-order valence-electron chi connectivity index (χ3n) is 2.80. The van der Waals surface area contributed by atoms with Crippen LogP contribution in [0.2, 0.25) is 0 Å². The molecule has 0 spiro atoms. The standard InChI is InChI=1S/C14H17FN2S2/c1-9-10(2)19-14(17-9)7-11(16)8-18-13-6-4-3-5-12(13)15/h3-6,11H,7-8,16H2,1-2H3. The number of rotatable bonds is 5. The maximum atomic E-state index is 13.5. The molecule has 102 valence electrons. The molecule has 0 bridgehead atoms. The van der Waals surface area contributed by atoms with Gasteiger partial charge in [0.25, 0.3) is 0 Å². The first kappa shape index (κ1) is 14.5. The van der Waals surface area contributed by atoms with E-state index in [1.807, 2.05) is 13.0 Å². The number of hydrogen-bond donors (Lipinski definition) is 1. The van der Waals surface area contributed by atoms with E-state index in [1.165, 1.54) is 22.7 Å². The van der Waals surface area contributed by atoms with Crippen molar-refractivity contribution in [1.29, 1.82) is 0 Å². The smallest absolute Gasteiger partial charge is 0.136 e. The lowest BCUT2D eigenvalue weighted by Crippen LogP contribution is -2.25. The van der Waals surface area contributed by atoms with Gasteiger partial charge < -0.3 is 5.73 Å². The molecule has 0 fully saturated rings. The normalized spacial score (nSPS) is 12.6. The third-order valence-corrected chi connectivity index (χ3v) is 5.13. The predicted molar refractivity (Wildman–Crippen MR) is 80.4 cm³/mol. The van der Waals surface area contributed by atoms with Crippen molar-refractivity contribution >= 4 is 23.1 Å². The van der Waals surface area contributed by atoms with E-state index in [4.69, 9.17) is 5.73 Å². The number of nitrogens with two attached hydrogens (primary N) is 1. The molecule has 2 N–H and O–H groups in total. The summed E-state index contributed by atoms with van der Waals surface area (Å²) >= 11 is 3.16. The van der Waals surface area contributed by atoms with E-state index in [0.29, 0.717) is 10.6 Å². The van der Waals surface area contributed by atoms with E-state index >= 15 is 0 Å². The summed E-state index contributed by atoms with van der Waals surface area (Å²) in [7, 11) is 0. The van der Waals surface area contributed by atoms with Gasteiger partial charge in [-0.1, -0.05) is 12.1 Å². The first-order valence-electron chi connectivity index (χ1n) is 6.12. The van der Waals surface area contributed by atoms with E-state index < -0.39 is 0 Å². The molecule has 0 aliphatic heterocycles. The molecule has 1 unspecified atom stereocenters. The Kier molecular flexibility index (Phi) is 4.96. The monoisotopic (exact) mass is 296 g/mol. The first-order valence-corrected chi connectivity index (χ1v) is 7.92. The van der Waals surface area contributed by atoms with Gasteiger partial charge in [-0.05, 0) is 26.0 Å². The van der Waals surface area contributed by atoms with E-state index in [-0.39, 0.29) is 11.9 Å². The molecule has 1 heterocycles. The first-order chi connectivity index (χ1) is 9.06. The molecule has 1 aromatic heterocycles. The van der Waals surface area contributed by atoms with Crippen LogP contribution in [0.15, 0.2) is 29.2 Å². The minimum Gasteiger partial charge on any atom is -0.327 e. The number of thioether (sulfide) groups is 1. The van der Waals surface area contributed by atoms with Crippen molar-refractivity contribution in [2.24, 2.45) is 5.73 Å². The zero-order valence-electron chi connectivity index (χ0n) is 11.0. The largest absolute Gasteiger partial charge is 0.327 e. The molecular formula is C14H17FN2S2. The molecule has 19 heavy (non-hydrogen) atoms. The Balaban J connectivity index is 1.88. The number of hydrogen-bond acceptors (Lipinski definition) is 4. The van der Waals surface area contributed by atoms with Crippen LogP contribution in [0.3, 0.4) is 0 Å². The van der Waals surface area contributed by atoms with Crippen LogP contribution in [0.1, 0.15) is 15.6 Å². The average molecular weight is 296 g/mol. The molecule has 0 saturated heterocycles. The molecule has 2 nitrogen and oxygen atoms in total. The van der Waals surface area contributed by atoms with Gasteiger partial charge in [0.15, 0.2) is 0 Å². The fourth-order valence-electron chi connectivity index (χ4n) is 1.67. The lowest BCUT2D eigenvalue weighted by molar-refractivity contribution is 0.601. The van der Waals surface area contributed by atoms with Crippen molar-refractivity contribution in [3.8, 4) is 0 Å². The fourth-order valence-corrected chi connectivity index (χ4v) is 3.59. The van der Waals surface area contributed by atoms with Gasteiger partial charge in [-0.15, -0.1) is 23.1 Å². The number of aryl methyl sites for hydroxylation is 2. The van der Waals surface area contributed by atoms with Gasteiger partial charge in [-0.2, -0.15) is 0 Å². The summed E-state index contributed by atoms with van der Waals surface area (Å²) in [6, 6.07) is 6.78. The van der Waals surface area contributed by atoms with Crippen molar-refractivity contribution in [1.82, 2.24) is 4.98 Å². The van der Waals surface area contributed by atoms with Gasteiger partial charge in [-0.25, -0.2) is 9.37 Å². The van der Waals surface area contributed by atoms with Crippen LogP contribution < -0.4 is 5.73 Å². The van der Waals surface area contributed by atoms with E-state index in [0.717, 1.165) is 17.1 Å². The second kappa shape index (κ2) is 6.50. The molecule has 1 atom stereocenters. The van der Waals surface area contributed by atoms with E-state index in [2.05, 4.69) is 11.9 Å². The van der Waals surface area contributed by atoms with Gasteiger partial charge in [0, 0.05) is 28.0 Å². The predicted octanol–water partition coefficient (Wildman–Crippen LogP) is 3.56. The Bertz CT molecular complexity index is 535. The quantitative estimate of drug-likeness (QED) is 0.857. The molecule has 2 rings (SSSR count). The Hall–Kier alpha value is -0.910. The maximum Gasteiger partial charge on any atom is 0.136 e. The molecule has 2 aromatic rings. The minimum atomic E-state index is -0.180. The van der Waals surface area contributed by atoms with Crippen LogP contribution in [0, 0.1) is 19.7 Å². The summed E-state index contributed by atoms with van der Waals surface area (Å²) in [5.74, 6) is 0.513. The molecule has 0 amide bonds. The Labute approximate surface area is 121 Å². The summed E-state index contributed by atoms with van der Waals surface area (Å²) in [5, 5.41) is 1.07. The van der Waals surface area contributed by atoms with Gasteiger partial charge in [0.2, 0.25) is 0 Å². The Morgan fingerprint density at radius 1 is 1.37 bits per heavy atom. The third kappa shape index (κ3) is 4.03. The Morgan fingerprint density at radius 2 is 2.11 bits per heavy atom. The maximum absolute atomic E-state index is 13.5. The van der Waals surface area contributed by atoms with Crippen LogP contribution in [0.5, 0.6) is 0 Å². The zero-order chi connectivity index (χ0) is 13.8. The van der Waals surface area contributed by atoms with E-state index in [1.54, 1.807) is 23.5 Å². The number of nitrogens with zero attached hydrogens (tertiary/aromatic N) is 1. The van der Waals surface area contributed by atoms with Gasteiger partial charge in [0.05, 0.1) is 10.7 Å². The highest BCUT2D eigenvalue weighted by molar-refractivity contribution is 7.99. The van der Waals surface area contributed by atoms with Crippen LogP contribution in [0.25, 0.3) is 0 Å². The minimum absolute atomic E-state index is 0.00504. The zero-order valence-corrected chi connectivity index (χ0v) is 12.7. The van der Waals surface area contributed by atoms with Crippen LogP contribution in [0.4, 0.5) is 4.39 Å². The van der Waals surface area contributed by atoms with Crippen molar-refractivity contribution < 1.29 is 4.39 Å². The summed E-state index contributed by atoms with van der Waals surface area (Å²) in [6.07, 6.45) is 0.751. The fraction of sp³-hybridized carbons (Fsp3) is 0.357. The molecule has 0 radical (unpaired) electrons. The molecule has 0 aliphatic rings. The van der Waals surface area contributed by atoms with Crippen LogP contribution >= 0.6 is 23.1 Å². The van der Waals surface area contributed by atoms with Gasteiger partial charge >= 0.3 is 0 Å². The summed E-state index contributed by atoms with van der Waals surface area (Å²) in [6.45, 7) is 4.07. The van der Waals surface area contributed by atoms with Crippen LogP contribution in [-0.2, 0) is 6.42 Å². The summed E-state index contributed by atoms with van der Waals surface area (Å²) in [4.78, 5) is 6.37. The van der Waals surface area contributed by atoms with Gasteiger partial charge in [0.1, 0.15) is 5.82 Å². The lowest BCUT2D eigenvalue weighted by atomic mass is 10.2. The summed E-state index contributed by atoms with van der Waals surface area (Å²) < 4.78 is 13.5. The number of halogens is 1. The highest BCUT2D eigenvalue weighted by atomic mass is 32.2. The molecule has 5 heteroatoms. The average Bonchev–Trinajstić information content (AvgIpc) is 2.67. The summed E-state index contributed by atoms with van der Waals surface area (Å²) in [5.41, 5.74) is 7.16. The highest BCUT2D eigenvalue weighted by Gasteiger charge is 2.11. The van der Waals surface area contributed by atoms with Crippen molar-refractivity contribution in [3.63, 3.8) is 0 Å². The second-order valence-corrected chi connectivity index (χ2v) is 6.80. The second-order valence-electron chi connectivity index (χ2n) is 4.45. The topological polar surface area (TPSA) is 38.9 Å². The lowest BCUT2D eigenvalue weighted by Gasteiger charge is -2.09. The van der Waals surface area contributed by atoms with Crippen LogP contribution in [-0.4, -0.2) is 16.8 Å². The SMILES string of the molecule is Cc1nc(CC(N)CSc2ccccc2F)sc1C. The molecule has 0 saturated carbocycles. The van der Waals surface area contributed by atoms with Crippen molar-refractivity contribution in [3.05, 3.63) is 45.7 Å². The molecular weight excluding hydrogens is 279 g/mol. The van der Waals surface area contributed by atoms with Gasteiger partial charge in [-0.3, -0.25) is 0 Å². The highest BCUT2D eigenvalue weighted by Crippen LogP contribution is 2.23. The molecule has 1 aromatic carbocycles. The molecule has 0 aliphatic carbocycles. The number of benzene rings is 1. The number of thiazole rings is 1.